The first-order valence-electron chi connectivity index (χ1n) is 5.15. The van der Waals surface area contributed by atoms with Crippen molar-refractivity contribution < 1.29 is 4.39 Å². The number of hydrogen-bond donors (Lipinski definition) is 2. The summed E-state index contributed by atoms with van der Waals surface area (Å²) in [6, 6.07) is 10.0. The number of benzene rings is 2. The second-order valence-corrected chi connectivity index (χ2v) is 4.20. The smallest absolute Gasteiger partial charge is 0.148 e. The fourth-order valence-electron chi connectivity index (χ4n) is 1.56. The summed E-state index contributed by atoms with van der Waals surface area (Å²) >= 11 is 6.05. The molecular weight excluding hydrogens is 239 g/mol. The highest BCUT2D eigenvalue weighted by molar-refractivity contribution is 6.33. The molecule has 2 rings (SSSR count). The summed E-state index contributed by atoms with van der Waals surface area (Å²) < 4.78 is 13.6. The van der Waals surface area contributed by atoms with Gasteiger partial charge in [0.05, 0.1) is 16.4 Å². The molecule has 0 aliphatic rings. The van der Waals surface area contributed by atoms with E-state index in [2.05, 4.69) is 5.32 Å². The van der Waals surface area contributed by atoms with Crippen molar-refractivity contribution in [2.24, 2.45) is 0 Å². The lowest BCUT2D eigenvalue weighted by molar-refractivity contribution is 0.632. The van der Waals surface area contributed by atoms with Crippen molar-refractivity contribution >= 4 is 28.7 Å². The Balaban J connectivity index is 2.38. The fraction of sp³-hybridized carbons (Fsp3) is 0.0769. The lowest BCUT2D eigenvalue weighted by Crippen LogP contribution is -1.97. The third kappa shape index (κ3) is 2.50. The van der Waals surface area contributed by atoms with Crippen molar-refractivity contribution in [1.29, 1.82) is 0 Å². The van der Waals surface area contributed by atoms with E-state index in [0.29, 0.717) is 22.1 Å². The summed E-state index contributed by atoms with van der Waals surface area (Å²) in [5.41, 5.74) is 7.90. The van der Waals surface area contributed by atoms with Gasteiger partial charge in [0, 0.05) is 5.69 Å². The molecule has 0 saturated heterocycles. The summed E-state index contributed by atoms with van der Waals surface area (Å²) in [4.78, 5) is 0. The van der Waals surface area contributed by atoms with Gasteiger partial charge < -0.3 is 11.1 Å². The predicted molar refractivity (Wildman–Crippen MR) is 70.3 cm³/mol. The van der Waals surface area contributed by atoms with Crippen LogP contribution in [0.5, 0.6) is 0 Å². The SMILES string of the molecule is Cc1cccc(Cl)c1Nc1ccc(N)cc1F. The van der Waals surface area contributed by atoms with Crippen molar-refractivity contribution in [2.45, 2.75) is 6.92 Å². The average Bonchev–Trinajstić information content (AvgIpc) is 2.26. The van der Waals surface area contributed by atoms with Crippen LogP contribution in [0.15, 0.2) is 36.4 Å². The fourth-order valence-corrected chi connectivity index (χ4v) is 1.83. The van der Waals surface area contributed by atoms with E-state index in [-0.39, 0.29) is 0 Å². The van der Waals surface area contributed by atoms with Gasteiger partial charge in [-0.25, -0.2) is 4.39 Å². The van der Waals surface area contributed by atoms with E-state index in [1.54, 1.807) is 18.2 Å². The molecule has 17 heavy (non-hydrogen) atoms. The normalized spacial score (nSPS) is 10.3. The molecule has 0 aliphatic carbocycles. The summed E-state index contributed by atoms with van der Waals surface area (Å²) in [6.45, 7) is 1.91. The van der Waals surface area contributed by atoms with Gasteiger partial charge in [-0.3, -0.25) is 0 Å². The number of para-hydroxylation sites is 1. The van der Waals surface area contributed by atoms with Crippen LogP contribution in [0.3, 0.4) is 0 Å². The highest BCUT2D eigenvalue weighted by Crippen LogP contribution is 2.30. The van der Waals surface area contributed by atoms with Gasteiger partial charge in [-0.1, -0.05) is 23.7 Å². The Morgan fingerprint density at radius 2 is 2.00 bits per heavy atom. The first-order valence-corrected chi connectivity index (χ1v) is 5.53. The van der Waals surface area contributed by atoms with Crippen LogP contribution in [0.4, 0.5) is 21.5 Å². The largest absolute Gasteiger partial charge is 0.399 e. The third-order valence-corrected chi connectivity index (χ3v) is 2.79. The van der Waals surface area contributed by atoms with Crippen molar-refractivity contribution in [3.8, 4) is 0 Å². The number of halogens is 2. The van der Waals surface area contributed by atoms with Gasteiger partial charge in [0.1, 0.15) is 5.82 Å². The van der Waals surface area contributed by atoms with E-state index in [0.717, 1.165) is 5.56 Å². The minimum Gasteiger partial charge on any atom is -0.399 e. The van der Waals surface area contributed by atoms with E-state index in [9.17, 15) is 4.39 Å². The molecule has 2 nitrogen and oxygen atoms in total. The van der Waals surface area contributed by atoms with Gasteiger partial charge in [0.25, 0.3) is 0 Å². The Kier molecular flexibility index (Phi) is 3.20. The number of anilines is 3. The predicted octanol–water partition coefficient (Wildman–Crippen LogP) is 4.11. The Morgan fingerprint density at radius 1 is 1.24 bits per heavy atom. The molecule has 0 unspecified atom stereocenters. The van der Waals surface area contributed by atoms with Gasteiger partial charge >= 0.3 is 0 Å². The van der Waals surface area contributed by atoms with Crippen LogP contribution < -0.4 is 11.1 Å². The molecule has 4 heteroatoms. The number of nitrogens with two attached hydrogens (primary N) is 1. The quantitative estimate of drug-likeness (QED) is 0.787. The van der Waals surface area contributed by atoms with Gasteiger partial charge in [-0.15, -0.1) is 0 Å². The van der Waals surface area contributed by atoms with Gasteiger partial charge in [0.15, 0.2) is 0 Å². The highest BCUT2D eigenvalue weighted by Gasteiger charge is 2.07. The third-order valence-electron chi connectivity index (χ3n) is 2.47. The standard InChI is InChI=1S/C13H12ClFN2/c1-8-3-2-4-10(14)13(8)17-12-6-5-9(16)7-11(12)15/h2-7,17H,16H2,1H3. The molecule has 0 atom stereocenters. The molecule has 0 spiro atoms. The summed E-state index contributed by atoms with van der Waals surface area (Å²) in [7, 11) is 0. The summed E-state index contributed by atoms with van der Waals surface area (Å²) in [5.74, 6) is -0.399. The molecule has 0 aliphatic heterocycles. The van der Waals surface area contributed by atoms with Crippen LogP contribution in [-0.4, -0.2) is 0 Å². The molecule has 2 aromatic rings. The summed E-state index contributed by atoms with van der Waals surface area (Å²) in [6.07, 6.45) is 0. The van der Waals surface area contributed by atoms with Gasteiger partial charge in [0.2, 0.25) is 0 Å². The number of rotatable bonds is 2. The minimum atomic E-state index is -0.399. The van der Waals surface area contributed by atoms with Crippen LogP contribution in [0.25, 0.3) is 0 Å². The zero-order chi connectivity index (χ0) is 12.4. The van der Waals surface area contributed by atoms with Crippen molar-refractivity contribution in [3.63, 3.8) is 0 Å². The lowest BCUT2D eigenvalue weighted by atomic mass is 10.2. The van der Waals surface area contributed by atoms with E-state index in [1.807, 2.05) is 19.1 Å². The van der Waals surface area contributed by atoms with E-state index < -0.39 is 5.82 Å². The first-order chi connectivity index (χ1) is 8.08. The topological polar surface area (TPSA) is 38.0 Å². The van der Waals surface area contributed by atoms with E-state index >= 15 is 0 Å². The zero-order valence-corrected chi connectivity index (χ0v) is 10.1. The maximum Gasteiger partial charge on any atom is 0.148 e. The molecule has 0 bridgehead atoms. The molecule has 0 fully saturated rings. The number of aryl methyl sites for hydroxylation is 1. The minimum absolute atomic E-state index is 0.357. The van der Waals surface area contributed by atoms with Crippen molar-refractivity contribution in [3.05, 3.63) is 52.8 Å². The van der Waals surface area contributed by atoms with E-state index in [4.69, 9.17) is 17.3 Å². The average molecular weight is 251 g/mol. The Hall–Kier alpha value is -1.74. The molecule has 2 aromatic carbocycles. The second kappa shape index (κ2) is 4.63. The number of nitrogens with one attached hydrogen (secondary N) is 1. The van der Waals surface area contributed by atoms with Crippen LogP contribution in [-0.2, 0) is 0 Å². The Labute approximate surface area is 104 Å². The van der Waals surface area contributed by atoms with Crippen LogP contribution in [0.2, 0.25) is 5.02 Å². The molecular formula is C13H12ClFN2. The van der Waals surface area contributed by atoms with Crippen molar-refractivity contribution in [1.82, 2.24) is 0 Å². The highest BCUT2D eigenvalue weighted by atomic mass is 35.5. The molecule has 3 N–H and O–H groups in total. The zero-order valence-electron chi connectivity index (χ0n) is 9.30. The second-order valence-electron chi connectivity index (χ2n) is 3.80. The Bertz CT molecular complexity index is 535. The maximum absolute atomic E-state index is 13.6. The molecule has 0 amide bonds. The lowest BCUT2D eigenvalue weighted by Gasteiger charge is -2.12. The summed E-state index contributed by atoms with van der Waals surface area (Å²) in [5, 5.41) is 3.53. The molecule has 0 radical (unpaired) electrons. The first kappa shape index (κ1) is 11.7. The van der Waals surface area contributed by atoms with Crippen LogP contribution >= 0.6 is 11.6 Å². The van der Waals surface area contributed by atoms with Crippen LogP contribution in [0.1, 0.15) is 5.56 Å². The Morgan fingerprint density at radius 3 is 2.65 bits per heavy atom. The monoisotopic (exact) mass is 250 g/mol. The molecule has 0 saturated carbocycles. The number of nitrogen functional groups attached to an aromatic ring is 1. The maximum atomic E-state index is 13.6. The molecule has 0 aromatic heterocycles. The van der Waals surface area contributed by atoms with Gasteiger partial charge in [-0.05, 0) is 36.8 Å². The van der Waals surface area contributed by atoms with Gasteiger partial charge in [-0.2, -0.15) is 0 Å². The molecule has 88 valence electrons. The number of hydrogen-bond acceptors (Lipinski definition) is 2. The van der Waals surface area contributed by atoms with Crippen molar-refractivity contribution in [2.75, 3.05) is 11.1 Å². The molecule has 0 heterocycles. The van der Waals surface area contributed by atoms with Crippen LogP contribution in [0, 0.1) is 12.7 Å². The van der Waals surface area contributed by atoms with E-state index in [1.165, 1.54) is 6.07 Å².